The number of aliphatic hydroxyl groups excluding tert-OH is 2. The van der Waals surface area contributed by atoms with E-state index in [2.05, 4.69) is 24.1 Å². The first-order valence-corrected chi connectivity index (χ1v) is 5.85. The van der Waals surface area contributed by atoms with Crippen molar-refractivity contribution in [2.45, 2.75) is 20.3 Å². The van der Waals surface area contributed by atoms with Crippen molar-refractivity contribution in [3.8, 4) is 0 Å². The Balaban J connectivity index is 3.36. The molecule has 15 heavy (non-hydrogen) atoms. The summed E-state index contributed by atoms with van der Waals surface area (Å²) in [6, 6.07) is 0. The molecule has 0 amide bonds. The second-order valence-electron chi connectivity index (χ2n) is 4.24. The third-order valence-electron chi connectivity index (χ3n) is 2.21. The van der Waals surface area contributed by atoms with E-state index in [1.54, 1.807) is 0 Å². The molecule has 4 nitrogen and oxygen atoms in total. The molecule has 0 aromatic heterocycles. The molecule has 0 aromatic carbocycles. The van der Waals surface area contributed by atoms with Crippen LogP contribution in [0.2, 0.25) is 0 Å². The van der Waals surface area contributed by atoms with Gasteiger partial charge in [-0.3, -0.25) is 4.90 Å². The molecule has 4 heteroatoms. The lowest BCUT2D eigenvalue weighted by atomic mass is 10.2. The van der Waals surface area contributed by atoms with Crippen LogP contribution in [0.5, 0.6) is 0 Å². The first-order chi connectivity index (χ1) is 7.20. The zero-order valence-corrected chi connectivity index (χ0v) is 10.1. The van der Waals surface area contributed by atoms with Crippen molar-refractivity contribution >= 4 is 0 Å². The van der Waals surface area contributed by atoms with Gasteiger partial charge in [0.1, 0.15) is 0 Å². The Morgan fingerprint density at radius 3 is 2.13 bits per heavy atom. The molecule has 0 saturated heterocycles. The van der Waals surface area contributed by atoms with Crippen molar-refractivity contribution in [2.24, 2.45) is 5.92 Å². The molecular formula is C11H26N2O2. The number of hydrogen-bond acceptors (Lipinski definition) is 4. The maximum atomic E-state index is 8.80. The summed E-state index contributed by atoms with van der Waals surface area (Å²) in [6.45, 7) is 9.03. The highest BCUT2D eigenvalue weighted by Gasteiger charge is 2.02. The van der Waals surface area contributed by atoms with Crippen LogP contribution in [0.25, 0.3) is 0 Å². The molecule has 0 spiro atoms. The Morgan fingerprint density at radius 1 is 1.07 bits per heavy atom. The van der Waals surface area contributed by atoms with Crippen molar-refractivity contribution in [2.75, 3.05) is 45.9 Å². The van der Waals surface area contributed by atoms with E-state index in [0.29, 0.717) is 19.0 Å². The van der Waals surface area contributed by atoms with E-state index in [9.17, 15) is 0 Å². The van der Waals surface area contributed by atoms with Gasteiger partial charge in [0.15, 0.2) is 0 Å². The smallest absolute Gasteiger partial charge is 0.0558 e. The fourth-order valence-electron chi connectivity index (χ4n) is 1.44. The average molecular weight is 218 g/mol. The monoisotopic (exact) mass is 218 g/mol. The molecule has 0 saturated carbocycles. The zero-order chi connectivity index (χ0) is 11.5. The van der Waals surface area contributed by atoms with E-state index in [1.807, 2.05) is 0 Å². The first kappa shape index (κ1) is 14.8. The van der Waals surface area contributed by atoms with Gasteiger partial charge < -0.3 is 15.5 Å². The van der Waals surface area contributed by atoms with Gasteiger partial charge in [0.25, 0.3) is 0 Å². The normalized spacial score (nSPS) is 11.6. The van der Waals surface area contributed by atoms with Crippen LogP contribution in [0.1, 0.15) is 20.3 Å². The Hall–Kier alpha value is -0.160. The van der Waals surface area contributed by atoms with Crippen molar-refractivity contribution < 1.29 is 10.2 Å². The van der Waals surface area contributed by atoms with Gasteiger partial charge in [-0.25, -0.2) is 0 Å². The zero-order valence-electron chi connectivity index (χ0n) is 10.1. The fraction of sp³-hybridized carbons (Fsp3) is 1.00. The molecule has 0 heterocycles. The lowest BCUT2D eigenvalue weighted by Crippen LogP contribution is -2.33. The van der Waals surface area contributed by atoms with Crippen LogP contribution >= 0.6 is 0 Å². The molecule has 0 atom stereocenters. The molecule has 0 aromatic rings. The van der Waals surface area contributed by atoms with Crippen LogP contribution in [0.3, 0.4) is 0 Å². The minimum atomic E-state index is 0.166. The number of nitrogens with zero attached hydrogens (tertiary/aromatic N) is 1. The van der Waals surface area contributed by atoms with Gasteiger partial charge in [-0.05, 0) is 32.0 Å². The second kappa shape index (κ2) is 10.4. The SMILES string of the molecule is CC(C)CNCCCN(CCO)CCO. The summed E-state index contributed by atoms with van der Waals surface area (Å²) in [4.78, 5) is 2.08. The average Bonchev–Trinajstić information content (AvgIpc) is 2.17. The summed E-state index contributed by atoms with van der Waals surface area (Å²) < 4.78 is 0. The largest absolute Gasteiger partial charge is 0.395 e. The molecule has 0 aliphatic heterocycles. The first-order valence-electron chi connectivity index (χ1n) is 5.85. The summed E-state index contributed by atoms with van der Waals surface area (Å²) in [5, 5.41) is 21.0. The van der Waals surface area contributed by atoms with Gasteiger partial charge in [-0.1, -0.05) is 13.8 Å². The summed E-state index contributed by atoms with van der Waals surface area (Å²) in [7, 11) is 0. The third-order valence-corrected chi connectivity index (χ3v) is 2.21. The van der Waals surface area contributed by atoms with Crippen LogP contribution in [-0.4, -0.2) is 61.1 Å². The van der Waals surface area contributed by atoms with Gasteiger partial charge in [0.05, 0.1) is 13.2 Å². The van der Waals surface area contributed by atoms with Crippen LogP contribution in [0.4, 0.5) is 0 Å². The third kappa shape index (κ3) is 10.1. The van der Waals surface area contributed by atoms with Gasteiger partial charge in [0.2, 0.25) is 0 Å². The van der Waals surface area contributed by atoms with E-state index in [0.717, 1.165) is 26.1 Å². The predicted molar refractivity (Wildman–Crippen MR) is 62.9 cm³/mol. The number of nitrogens with one attached hydrogen (secondary N) is 1. The predicted octanol–water partition coefficient (Wildman–Crippen LogP) is -0.0913. The number of rotatable bonds is 10. The Morgan fingerprint density at radius 2 is 1.67 bits per heavy atom. The minimum Gasteiger partial charge on any atom is -0.395 e. The van der Waals surface area contributed by atoms with Gasteiger partial charge in [-0.2, -0.15) is 0 Å². The molecular weight excluding hydrogens is 192 g/mol. The summed E-state index contributed by atoms with van der Waals surface area (Å²) in [5.74, 6) is 0.691. The molecule has 0 aliphatic carbocycles. The topological polar surface area (TPSA) is 55.7 Å². The van der Waals surface area contributed by atoms with E-state index in [4.69, 9.17) is 10.2 Å². The molecule has 0 fully saturated rings. The standard InChI is InChI=1S/C11H26N2O2/c1-11(2)10-12-4-3-5-13(6-8-14)7-9-15/h11-12,14-15H,3-10H2,1-2H3. The van der Waals surface area contributed by atoms with Gasteiger partial charge >= 0.3 is 0 Å². The number of aliphatic hydroxyl groups is 2. The fourth-order valence-corrected chi connectivity index (χ4v) is 1.44. The minimum absolute atomic E-state index is 0.166. The molecule has 92 valence electrons. The van der Waals surface area contributed by atoms with Crippen LogP contribution < -0.4 is 5.32 Å². The Labute approximate surface area is 93.3 Å². The van der Waals surface area contributed by atoms with Crippen LogP contribution in [0, 0.1) is 5.92 Å². The molecule has 0 aliphatic rings. The van der Waals surface area contributed by atoms with Gasteiger partial charge in [-0.15, -0.1) is 0 Å². The van der Waals surface area contributed by atoms with E-state index < -0.39 is 0 Å². The van der Waals surface area contributed by atoms with E-state index in [-0.39, 0.29) is 13.2 Å². The van der Waals surface area contributed by atoms with Gasteiger partial charge in [0, 0.05) is 13.1 Å². The lowest BCUT2D eigenvalue weighted by Gasteiger charge is -2.20. The molecule has 3 N–H and O–H groups in total. The van der Waals surface area contributed by atoms with Crippen molar-refractivity contribution in [1.82, 2.24) is 10.2 Å². The van der Waals surface area contributed by atoms with Crippen LogP contribution in [0.15, 0.2) is 0 Å². The summed E-state index contributed by atoms with van der Waals surface area (Å²) in [6.07, 6.45) is 1.06. The van der Waals surface area contributed by atoms with E-state index >= 15 is 0 Å². The Kier molecular flexibility index (Phi) is 10.3. The highest BCUT2D eigenvalue weighted by molar-refractivity contribution is 4.58. The molecule has 0 unspecified atom stereocenters. The quantitative estimate of drug-likeness (QED) is 0.449. The van der Waals surface area contributed by atoms with Crippen LogP contribution in [-0.2, 0) is 0 Å². The summed E-state index contributed by atoms with van der Waals surface area (Å²) >= 11 is 0. The maximum absolute atomic E-state index is 8.80. The maximum Gasteiger partial charge on any atom is 0.0558 e. The highest BCUT2D eigenvalue weighted by atomic mass is 16.3. The lowest BCUT2D eigenvalue weighted by molar-refractivity contribution is 0.160. The van der Waals surface area contributed by atoms with Crippen molar-refractivity contribution in [1.29, 1.82) is 0 Å². The molecule has 0 rings (SSSR count). The molecule has 0 bridgehead atoms. The van der Waals surface area contributed by atoms with E-state index in [1.165, 1.54) is 0 Å². The summed E-state index contributed by atoms with van der Waals surface area (Å²) in [5.41, 5.74) is 0. The highest BCUT2D eigenvalue weighted by Crippen LogP contribution is 1.91. The number of hydrogen-bond donors (Lipinski definition) is 3. The second-order valence-corrected chi connectivity index (χ2v) is 4.24. The Bertz CT molecular complexity index is 126. The van der Waals surface area contributed by atoms with Crippen molar-refractivity contribution in [3.05, 3.63) is 0 Å². The molecule has 0 radical (unpaired) electrons. The van der Waals surface area contributed by atoms with Crippen molar-refractivity contribution in [3.63, 3.8) is 0 Å².